The molecule has 0 saturated heterocycles. The van der Waals surface area contributed by atoms with Crippen LogP contribution in [-0.4, -0.2) is 21.5 Å². The molecule has 1 aromatic carbocycles. The largest absolute Gasteiger partial charge is 0.312 e. The predicted octanol–water partition coefficient (Wildman–Crippen LogP) is 1.18. The molecule has 15 heavy (non-hydrogen) atoms. The molecule has 2 aliphatic rings. The monoisotopic (exact) mass is 221 g/mol. The van der Waals surface area contributed by atoms with E-state index in [1.54, 1.807) is 12.1 Å². The summed E-state index contributed by atoms with van der Waals surface area (Å²) in [7, 11) is -3.19. The van der Waals surface area contributed by atoms with Gasteiger partial charge in [-0.2, -0.15) is 0 Å². The van der Waals surface area contributed by atoms with Crippen LogP contribution in [0.2, 0.25) is 0 Å². The van der Waals surface area contributed by atoms with E-state index in [0.29, 0.717) is 16.3 Å². The summed E-state index contributed by atoms with van der Waals surface area (Å²) in [4.78, 5) is 1.06. The van der Waals surface area contributed by atoms with Crippen molar-refractivity contribution in [2.75, 3.05) is 13.1 Å². The van der Waals surface area contributed by atoms with Gasteiger partial charge in [0.15, 0.2) is 0 Å². The third-order valence-electron chi connectivity index (χ3n) is 3.00. The first kappa shape index (κ1) is 9.12. The summed E-state index contributed by atoms with van der Waals surface area (Å²) in [6.45, 7) is 1.34. The number of benzene rings is 1. The molecule has 4 heteroatoms. The van der Waals surface area contributed by atoms with Gasteiger partial charge >= 0.3 is 0 Å². The zero-order chi connectivity index (χ0) is 10.5. The van der Waals surface area contributed by atoms with Crippen LogP contribution in [0.25, 0.3) is 5.57 Å². The van der Waals surface area contributed by atoms with Crippen LogP contribution in [0.1, 0.15) is 12.0 Å². The predicted molar refractivity (Wildman–Crippen MR) is 58.0 cm³/mol. The van der Waals surface area contributed by atoms with Crippen molar-refractivity contribution < 1.29 is 8.42 Å². The molecule has 3 rings (SSSR count). The van der Waals surface area contributed by atoms with E-state index < -0.39 is 9.84 Å². The van der Waals surface area contributed by atoms with E-state index >= 15 is 0 Å². The fourth-order valence-electron chi connectivity index (χ4n) is 2.29. The van der Waals surface area contributed by atoms with Crippen molar-refractivity contribution in [3.63, 3.8) is 0 Å². The second kappa shape index (κ2) is 2.93. The summed E-state index contributed by atoms with van der Waals surface area (Å²) in [5.41, 5.74) is 1.93. The molecule has 0 unspecified atom stereocenters. The first-order valence-electron chi connectivity index (χ1n) is 4.98. The van der Waals surface area contributed by atoms with Gasteiger partial charge in [0.2, 0.25) is 9.84 Å². The fraction of sp³-hybridized carbons (Fsp3) is 0.273. The molecule has 0 atom stereocenters. The lowest BCUT2D eigenvalue weighted by Gasteiger charge is -2.14. The van der Waals surface area contributed by atoms with E-state index in [-0.39, 0.29) is 0 Å². The Bertz CT molecular complexity index is 558. The second-order valence-electron chi connectivity index (χ2n) is 3.83. The lowest BCUT2D eigenvalue weighted by Crippen LogP contribution is -2.25. The average Bonchev–Trinajstić information content (AvgIpc) is 2.51. The Morgan fingerprint density at radius 3 is 2.87 bits per heavy atom. The second-order valence-corrected chi connectivity index (χ2v) is 5.77. The molecule has 3 nitrogen and oxygen atoms in total. The van der Waals surface area contributed by atoms with Gasteiger partial charge in [-0.3, -0.25) is 0 Å². The van der Waals surface area contributed by atoms with Crippen LogP contribution < -0.4 is 5.32 Å². The van der Waals surface area contributed by atoms with Gasteiger partial charge in [-0.25, -0.2) is 8.42 Å². The smallest absolute Gasteiger partial charge is 0.204 e. The molecule has 0 amide bonds. The lowest BCUT2D eigenvalue weighted by atomic mass is 10.0. The average molecular weight is 221 g/mol. The highest BCUT2D eigenvalue weighted by Crippen LogP contribution is 2.41. The molecule has 0 radical (unpaired) electrons. The number of rotatable bonds is 0. The SMILES string of the molecule is O=S1(=O)C2=C(CCNC2)c2ccccc21. The molecule has 2 heterocycles. The summed E-state index contributed by atoms with van der Waals surface area (Å²) in [5.74, 6) is 0. The third kappa shape index (κ3) is 1.12. The van der Waals surface area contributed by atoms with Gasteiger partial charge in [-0.05, 0) is 30.2 Å². The minimum Gasteiger partial charge on any atom is -0.312 e. The van der Waals surface area contributed by atoms with Crippen molar-refractivity contribution >= 4 is 15.4 Å². The van der Waals surface area contributed by atoms with Gasteiger partial charge in [0.1, 0.15) is 0 Å². The van der Waals surface area contributed by atoms with Gasteiger partial charge in [0.25, 0.3) is 0 Å². The summed E-state index contributed by atoms with van der Waals surface area (Å²) in [6.07, 6.45) is 0.811. The zero-order valence-electron chi connectivity index (χ0n) is 8.16. The van der Waals surface area contributed by atoms with Crippen molar-refractivity contribution in [3.05, 3.63) is 34.7 Å². The summed E-state index contributed by atoms with van der Waals surface area (Å²) in [6, 6.07) is 7.28. The normalized spacial score (nSPS) is 22.4. The quantitative estimate of drug-likeness (QED) is 0.715. The maximum Gasteiger partial charge on any atom is 0.204 e. The van der Waals surface area contributed by atoms with Crippen LogP contribution in [-0.2, 0) is 9.84 Å². The Labute approximate surface area is 88.7 Å². The van der Waals surface area contributed by atoms with Crippen LogP contribution in [0.4, 0.5) is 0 Å². The number of sulfone groups is 1. The van der Waals surface area contributed by atoms with E-state index in [1.165, 1.54) is 0 Å². The maximum absolute atomic E-state index is 12.1. The van der Waals surface area contributed by atoms with E-state index in [1.807, 2.05) is 12.1 Å². The van der Waals surface area contributed by atoms with Crippen LogP contribution in [0.5, 0.6) is 0 Å². The van der Waals surface area contributed by atoms with Crippen molar-refractivity contribution in [1.82, 2.24) is 5.32 Å². The number of nitrogens with one attached hydrogen (secondary N) is 1. The maximum atomic E-state index is 12.1. The molecule has 1 aromatic rings. The third-order valence-corrected chi connectivity index (χ3v) is 4.97. The highest BCUT2D eigenvalue weighted by molar-refractivity contribution is 7.96. The van der Waals surface area contributed by atoms with Gasteiger partial charge in [0.05, 0.1) is 9.80 Å². The first-order valence-corrected chi connectivity index (χ1v) is 6.47. The van der Waals surface area contributed by atoms with Crippen molar-refractivity contribution in [1.29, 1.82) is 0 Å². The van der Waals surface area contributed by atoms with Crippen LogP contribution >= 0.6 is 0 Å². The fourth-order valence-corrected chi connectivity index (χ4v) is 4.12. The number of hydrogen-bond acceptors (Lipinski definition) is 3. The van der Waals surface area contributed by atoms with Gasteiger partial charge in [0, 0.05) is 6.54 Å². The van der Waals surface area contributed by atoms with Crippen LogP contribution in [0.15, 0.2) is 34.1 Å². The molecule has 0 fully saturated rings. The molecule has 0 saturated carbocycles. The molecule has 0 aromatic heterocycles. The van der Waals surface area contributed by atoms with Crippen LogP contribution in [0, 0.1) is 0 Å². The summed E-state index contributed by atoms with van der Waals surface area (Å²) in [5, 5.41) is 3.11. The summed E-state index contributed by atoms with van der Waals surface area (Å²) < 4.78 is 24.2. The van der Waals surface area contributed by atoms with Gasteiger partial charge < -0.3 is 5.32 Å². The van der Waals surface area contributed by atoms with Crippen molar-refractivity contribution in [2.24, 2.45) is 0 Å². The number of fused-ring (bicyclic) bond motifs is 2. The molecule has 1 N–H and O–H groups in total. The summed E-state index contributed by atoms with van der Waals surface area (Å²) >= 11 is 0. The first-order chi connectivity index (χ1) is 7.21. The van der Waals surface area contributed by atoms with Gasteiger partial charge in [-0.1, -0.05) is 18.2 Å². The standard InChI is InChI=1S/C11H11NO2S/c13-15(14)10-4-2-1-3-8(10)9-5-6-12-7-11(9)15/h1-4,12H,5-7H2. The van der Waals surface area contributed by atoms with Crippen molar-refractivity contribution in [2.45, 2.75) is 11.3 Å². The van der Waals surface area contributed by atoms with Gasteiger partial charge in [-0.15, -0.1) is 0 Å². The van der Waals surface area contributed by atoms with Crippen molar-refractivity contribution in [3.8, 4) is 0 Å². The Balaban J connectivity index is 2.35. The molecule has 0 bridgehead atoms. The van der Waals surface area contributed by atoms with Crippen LogP contribution in [0.3, 0.4) is 0 Å². The van der Waals surface area contributed by atoms with E-state index in [4.69, 9.17) is 0 Å². The minimum atomic E-state index is -3.19. The number of hydrogen-bond donors (Lipinski definition) is 1. The highest BCUT2D eigenvalue weighted by atomic mass is 32.2. The highest BCUT2D eigenvalue weighted by Gasteiger charge is 2.35. The molecule has 78 valence electrons. The zero-order valence-corrected chi connectivity index (χ0v) is 8.97. The Kier molecular flexibility index (Phi) is 1.78. The Morgan fingerprint density at radius 1 is 1.20 bits per heavy atom. The Hall–Kier alpha value is -1.13. The molecule has 0 spiro atoms. The van der Waals surface area contributed by atoms with E-state index in [2.05, 4.69) is 5.32 Å². The van der Waals surface area contributed by atoms with E-state index in [9.17, 15) is 8.42 Å². The molecule has 2 aliphatic heterocycles. The topological polar surface area (TPSA) is 46.2 Å². The molecule has 0 aliphatic carbocycles. The molecular formula is C11H11NO2S. The molecular weight excluding hydrogens is 210 g/mol. The van der Waals surface area contributed by atoms with E-state index in [0.717, 1.165) is 24.1 Å². The lowest BCUT2D eigenvalue weighted by molar-refractivity contribution is 0.599. The Morgan fingerprint density at radius 2 is 2.00 bits per heavy atom. The minimum absolute atomic E-state index is 0.479.